The zero-order valence-electron chi connectivity index (χ0n) is 21.0. The lowest BCUT2D eigenvalue weighted by molar-refractivity contribution is 0.168. The number of aryl methyl sites for hydroxylation is 1. The van der Waals surface area contributed by atoms with E-state index in [0.717, 1.165) is 70.8 Å². The van der Waals surface area contributed by atoms with Crippen molar-refractivity contribution in [2.24, 2.45) is 0 Å². The number of nitrogens with zero attached hydrogens (tertiary/aromatic N) is 3. The quantitative estimate of drug-likeness (QED) is 0.333. The number of benzene rings is 2. The first-order chi connectivity index (χ1) is 18.0. The molecule has 0 saturated carbocycles. The van der Waals surface area contributed by atoms with Crippen molar-refractivity contribution in [1.29, 1.82) is 0 Å². The second-order valence-corrected chi connectivity index (χ2v) is 10.2. The fourth-order valence-corrected chi connectivity index (χ4v) is 5.42. The molecule has 2 amide bonds. The zero-order chi connectivity index (χ0) is 25.8. The van der Waals surface area contributed by atoms with Gasteiger partial charge < -0.3 is 21.3 Å². The number of thiophene rings is 1. The lowest BCUT2D eigenvalue weighted by Gasteiger charge is -2.30. The molecular weight excluding hydrogens is 480 g/mol. The van der Waals surface area contributed by atoms with Gasteiger partial charge in [0.1, 0.15) is 5.82 Å². The highest BCUT2D eigenvalue weighted by Crippen LogP contribution is 2.38. The van der Waals surface area contributed by atoms with E-state index >= 15 is 0 Å². The first kappa shape index (κ1) is 24.8. The molecule has 3 heterocycles. The molecule has 0 radical (unpaired) electrons. The fraction of sp³-hybridized carbons (Fsp3) is 0.241. The van der Waals surface area contributed by atoms with E-state index in [2.05, 4.69) is 49.7 Å². The van der Waals surface area contributed by atoms with Crippen LogP contribution in [0.3, 0.4) is 0 Å². The second kappa shape index (κ2) is 11.0. The Balaban J connectivity index is 1.30. The zero-order valence-corrected chi connectivity index (χ0v) is 21.9. The van der Waals surface area contributed by atoms with Crippen LogP contribution in [0.25, 0.3) is 21.2 Å². The topological polar surface area (TPSA) is 86.5 Å². The van der Waals surface area contributed by atoms with Gasteiger partial charge >= 0.3 is 6.03 Å². The van der Waals surface area contributed by atoms with Crippen LogP contribution in [0.2, 0.25) is 0 Å². The maximum absolute atomic E-state index is 12.4. The number of pyridine rings is 1. The van der Waals surface area contributed by atoms with Crippen molar-refractivity contribution in [3.05, 3.63) is 71.2 Å². The van der Waals surface area contributed by atoms with Crippen LogP contribution >= 0.6 is 11.3 Å². The van der Waals surface area contributed by atoms with Crippen LogP contribution < -0.4 is 16.4 Å². The number of nitrogen functional groups attached to an aromatic ring is 1. The predicted molar refractivity (Wildman–Crippen MR) is 154 cm³/mol. The molecule has 4 N–H and O–H groups in total. The van der Waals surface area contributed by atoms with E-state index in [0.29, 0.717) is 11.5 Å². The van der Waals surface area contributed by atoms with Gasteiger partial charge in [-0.3, -0.25) is 4.90 Å². The van der Waals surface area contributed by atoms with Crippen LogP contribution in [-0.2, 0) is 0 Å². The van der Waals surface area contributed by atoms with Crippen LogP contribution in [0, 0.1) is 18.8 Å². The molecule has 0 unspecified atom stereocenters. The van der Waals surface area contributed by atoms with E-state index in [1.807, 2.05) is 55.5 Å². The number of urea groups is 1. The molecule has 0 spiro atoms. The lowest BCUT2D eigenvalue weighted by atomic mass is 10.0. The summed E-state index contributed by atoms with van der Waals surface area (Å²) in [5, 5.41) is 8.77. The summed E-state index contributed by atoms with van der Waals surface area (Å²) in [7, 11) is 2.15. The Bertz CT molecular complexity index is 1480. The van der Waals surface area contributed by atoms with Crippen molar-refractivity contribution >= 4 is 44.6 Å². The second-order valence-electron chi connectivity index (χ2n) is 9.32. The van der Waals surface area contributed by atoms with Crippen LogP contribution in [0.4, 0.5) is 22.0 Å². The predicted octanol–water partition coefficient (Wildman–Crippen LogP) is 5.10. The van der Waals surface area contributed by atoms with Gasteiger partial charge in [-0.2, -0.15) is 0 Å². The molecule has 188 valence electrons. The van der Waals surface area contributed by atoms with E-state index < -0.39 is 0 Å². The summed E-state index contributed by atoms with van der Waals surface area (Å²) in [5.74, 6) is 7.15. The number of rotatable bonds is 4. The van der Waals surface area contributed by atoms with Crippen molar-refractivity contribution in [3.8, 4) is 23.0 Å². The van der Waals surface area contributed by atoms with E-state index in [-0.39, 0.29) is 6.03 Å². The molecule has 2 aromatic heterocycles. The highest BCUT2D eigenvalue weighted by molar-refractivity contribution is 7.18. The number of amides is 2. The average Bonchev–Trinajstić information content (AvgIpc) is 3.33. The monoisotopic (exact) mass is 510 g/mol. The van der Waals surface area contributed by atoms with E-state index in [1.54, 1.807) is 17.5 Å². The number of nitrogens with one attached hydrogen (secondary N) is 2. The number of likely N-dealkylation sites (N-methyl/N-ethyl adjacent to an activating group) is 1. The van der Waals surface area contributed by atoms with Gasteiger partial charge in [0.15, 0.2) is 0 Å². The summed E-state index contributed by atoms with van der Waals surface area (Å²) in [4.78, 5) is 21.6. The molecule has 0 atom stereocenters. The molecule has 2 aromatic carbocycles. The van der Waals surface area contributed by atoms with Gasteiger partial charge in [-0.1, -0.05) is 36.1 Å². The minimum absolute atomic E-state index is 0.285. The smallest absolute Gasteiger partial charge is 0.323 e. The van der Waals surface area contributed by atoms with Crippen LogP contribution in [0.5, 0.6) is 0 Å². The highest BCUT2D eigenvalue weighted by Gasteiger charge is 2.15. The summed E-state index contributed by atoms with van der Waals surface area (Å²) in [6.07, 6.45) is 1.77. The van der Waals surface area contributed by atoms with E-state index in [9.17, 15) is 4.79 Å². The standard InChI is InChI=1S/C29H30N6OS/c1-20-5-3-7-24(17-20)33-29(36)32-23-10-8-21(9-11-23)25-19-37-27-22(18-31-28(30)26(25)27)6-4-12-35-15-13-34(2)14-16-35/h3,5,7-11,17-19H,12-16H2,1-2H3,(H2,30,31)(H2,32,33,36). The number of hydrogen-bond acceptors (Lipinski definition) is 6. The summed E-state index contributed by atoms with van der Waals surface area (Å²) >= 11 is 1.63. The summed E-state index contributed by atoms with van der Waals surface area (Å²) < 4.78 is 1.05. The summed E-state index contributed by atoms with van der Waals surface area (Å²) in [6.45, 7) is 6.99. The Kier molecular flexibility index (Phi) is 7.37. The molecule has 1 saturated heterocycles. The molecule has 1 aliphatic rings. The van der Waals surface area contributed by atoms with Crippen LogP contribution in [-0.4, -0.2) is 60.6 Å². The number of nitrogens with two attached hydrogens (primary N) is 1. The normalized spacial score (nSPS) is 14.2. The third kappa shape index (κ3) is 5.92. The maximum atomic E-state index is 12.4. The highest BCUT2D eigenvalue weighted by atomic mass is 32.1. The number of piperazine rings is 1. The minimum Gasteiger partial charge on any atom is -0.383 e. The molecule has 1 fully saturated rings. The molecule has 7 nitrogen and oxygen atoms in total. The van der Waals surface area contributed by atoms with Gasteiger partial charge in [0.05, 0.1) is 16.8 Å². The van der Waals surface area contributed by atoms with Gasteiger partial charge in [-0.05, 0) is 54.7 Å². The van der Waals surface area contributed by atoms with Gasteiger partial charge in [0.2, 0.25) is 0 Å². The number of carbonyl (C=O) groups excluding carboxylic acids is 1. The molecule has 8 heteroatoms. The van der Waals surface area contributed by atoms with Crippen molar-refractivity contribution < 1.29 is 4.79 Å². The van der Waals surface area contributed by atoms with Crippen molar-refractivity contribution in [2.45, 2.75) is 6.92 Å². The largest absolute Gasteiger partial charge is 0.383 e. The average molecular weight is 511 g/mol. The summed E-state index contributed by atoms with van der Waals surface area (Å²) in [6, 6.07) is 15.1. The number of fused-ring (bicyclic) bond motifs is 1. The first-order valence-corrected chi connectivity index (χ1v) is 13.1. The van der Waals surface area contributed by atoms with Gasteiger partial charge in [0, 0.05) is 54.7 Å². The molecule has 4 aromatic rings. The summed E-state index contributed by atoms with van der Waals surface area (Å²) in [5.41, 5.74) is 11.8. The molecule has 37 heavy (non-hydrogen) atoms. The Labute approximate surface area is 221 Å². The lowest BCUT2D eigenvalue weighted by Crippen LogP contribution is -2.44. The van der Waals surface area contributed by atoms with Crippen molar-refractivity contribution in [1.82, 2.24) is 14.8 Å². The van der Waals surface area contributed by atoms with Crippen molar-refractivity contribution in [3.63, 3.8) is 0 Å². The van der Waals surface area contributed by atoms with Crippen LogP contribution in [0.1, 0.15) is 11.1 Å². The van der Waals surface area contributed by atoms with Gasteiger partial charge in [-0.25, -0.2) is 9.78 Å². The maximum Gasteiger partial charge on any atom is 0.323 e. The number of carbonyl (C=O) groups is 1. The third-order valence-corrected chi connectivity index (χ3v) is 7.49. The van der Waals surface area contributed by atoms with E-state index in [1.165, 1.54) is 0 Å². The molecule has 5 rings (SSSR count). The minimum atomic E-state index is -0.285. The number of aromatic nitrogens is 1. The van der Waals surface area contributed by atoms with Crippen LogP contribution in [0.15, 0.2) is 60.1 Å². The molecule has 0 bridgehead atoms. The van der Waals surface area contributed by atoms with E-state index in [4.69, 9.17) is 5.73 Å². The van der Waals surface area contributed by atoms with Gasteiger partial charge in [0.25, 0.3) is 0 Å². The number of anilines is 3. The SMILES string of the molecule is Cc1cccc(NC(=O)Nc2ccc(-c3csc4c(C#CCN5CCN(C)CC5)cnc(N)c34)cc2)c1. The number of hydrogen-bond donors (Lipinski definition) is 3. The molecule has 1 aliphatic heterocycles. The third-order valence-electron chi connectivity index (χ3n) is 6.48. The Morgan fingerprint density at radius 2 is 1.84 bits per heavy atom. The first-order valence-electron chi connectivity index (χ1n) is 12.3. The van der Waals surface area contributed by atoms with Gasteiger partial charge in [-0.15, -0.1) is 11.3 Å². The molecule has 0 aliphatic carbocycles. The molecular formula is C29H30N6OS. The van der Waals surface area contributed by atoms with Crippen molar-refractivity contribution in [2.75, 3.05) is 56.1 Å². The Morgan fingerprint density at radius 1 is 1.08 bits per heavy atom. The Morgan fingerprint density at radius 3 is 2.59 bits per heavy atom. The Hall–Kier alpha value is -3.90. The fourth-order valence-electron chi connectivity index (χ4n) is 4.37.